The van der Waals surface area contributed by atoms with E-state index in [9.17, 15) is 4.79 Å². The minimum Gasteiger partial charge on any atom is -0.491 e. The zero-order chi connectivity index (χ0) is 21.9. The Hall–Kier alpha value is -1.59. The highest BCUT2D eigenvalue weighted by Crippen LogP contribution is 2.28. The van der Waals surface area contributed by atoms with Crippen LogP contribution in [0.4, 0.5) is 0 Å². The summed E-state index contributed by atoms with van der Waals surface area (Å²) in [5, 5.41) is 3.37. The van der Waals surface area contributed by atoms with E-state index in [0.29, 0.717) is 24.7 Å². The van der Waals surface area contributed by atoms with Gasteiger partial charge >= 0.3 is 0 Å². The van der Waals surface area contributed by atoms with E-state index in [-0.39, 0.29) is 11.9 Å². The number of methoxy groups -OCH3 is 1. The summed E-state index contributed by atoms with van der Waals surface area (Å²) >= 11 is 0. The second-order valence-corrected chi connectivity index (χ2v) is 9.40. The van der Waals surface area contributed by atoms with E-state index < -0.39 is 0 Å². The molecule has 3 rings (SSSR count). The predicted octanol–water partition coefficient (Wildman–Crippen LogP) is 4.90. The summed E-state index contributed by atoms with van der Waals surface area (Å²) in [7, 11) is 1.66. The van der Waals surface area contributed by atoms with Crippen LogP contribution in [0.15, 0.2) is 24.3 Å². The van der Waals surface area contributed by atoms with Crippen LogP contribution in [0, 0.1) is 11.8 Å². The lowest BCUT2D eigenvalue weighted by Gasteiger charge is -2.39. The first-order valence-corrected chi connectivity index (χ1v) is 12.4. The van der Waals surface area contributed by atoms with Gasteiger partial charge in [0.05, 0.1) is 6.61 Å². The fourth-order valence-corrected chi connectivity index (χ4v) is 5.19. The van der Waals surface area contributed by atoms with Crippen LogP contribution in [0.25, 0.3) is 0 Å². The molecule has 1 aliphatic carbocycles. The molecule has 1 heterocycles. The molecule has 0 aromatic heterocycles. The summed E-state index contributed by atoms with van der Waals surface area (Å²) in [6.45, 7) is 6.98. The lowest BCUT2D eigenvalue weighted by Crippen LogP contribution is -2.48. The van der Waals surface area contributed by atoms with Gasteiger partial charge in [-0.3, -0.25) is 4.79 Å². The summed E-state index contributed by atoms with van der Waals surface area (Å²) in [5.41, 5.74) is 0.709. The van der Waals surface area contributed by atoms with Crippen LogP contribution in [0.3, 0.4) is 0 Å². The quantitative estimate of drug-likeness (QED) is 0.507. The van der Waals surface area contributed by atoms with Crippen LogP contribution < -0.4 is 10.1 Å². The molecule has 1 aromatic carbocycles. The normalized spacial score (nSPS) is 24.6. The van der Waals surface area contributed by atoms with Gasteiger partial charge in [0.15, 0.2) is 0 Å². The number of benzene rings is 1. The van der Waals surface area contributed by atoms with E-state index in [4.69, 9.17) is 9.47 Å². The van der Waals surface area contributed by atoms with E-state index in [1.165, 1.54) is 64.5 Å². The van der Waals surface area contributed by atoms with Crippen molar-refractivity contribution in [3.63, 3.8) is 0 Å². The minimum absolute atomic E-state index is 0.0415. The molecule has 31 heavy (non-hydrogen) atoms. The number of hydrogen-bond donors (Lipinski definition) is 1. The molecule has 1 unspecified atom stereocenters. The van der Waals surface area contributed by atoms with Crippen LogP contribution >= 0.6 is 0 Å². The van der Waals surface area contributed by atoms with Gasteiger partial charge in [0.2, 0.25) is 0 Å². The Bertz CT molecular complexity index is 649. The first-order valence-electron chi connectivity index (χ1n) is 12.4. The Morgan fingerprint density at radius 1 is 1.10 bits per heavy atom. The van der Waals surface area contributed by atoms with Crippen LogP contribution in [0.1, 0.15) is 75.1 Å². The highest BCUT2D eigenvalue weighted by molar-refractivity contribution is 5.94. The number of nitrogens with zero attached hydrogens (tertiary/aromatic N) is 1. The summed E-state index contributed by atoms with van der Waals surface area (Å²) in [5.74, 6) is 2.25. The molecule has 2 aliphatic rings. The number of likely N-dealkylation sites (tertiary alicyclic amines) is 1. The number of piperidine rings is 1. The second-order valence-electron chi connectivity index (χ2n) is 9.40. The van der Waals surface area contributed by atoms with Crippen molar-refractivity contribution in [3.8, 4) is 5.75 Å². The largest absolute Gasteiger partial charge is 0.491 e. The van der Waals surface area contributed by atoms with Gasteiger partial charge < -0.3 is 19.7 Å². The molecule has 1 N–H and O–H groups in total. The van der Waals surface area contributed by atoms with Gasteiger partial charge in [0.1, 0.15) is 12.4 Å². The predicted molar refractivity (Wildman–Crippen MR) is 126 cm³/mol. The average molecular weight is 431 g/mol. The fraction of sp³-hybridized carbons (Fsp3) is 0.731. The molecular weight excluding hydrogens is 388 g/mol. The van der Waals surface area contributed by atoms with Gasteiger partial charge in [0, 0.05) is 31.8 Å². The van der Waals surface area contributed by atoms with Gasteiger partial charge in [-0.1, -0.05) is 32.6 Å². The maximum atomic E-state index is 12.9. The molecule has 174 valence electrons. The van der Waals surface area contributed by atoms with Crippen molar-refractivity contribution in [3.05, 3.63) is 29.8 Å². The third-order valence-corrected chi connectivity index (χ3v) is 6.96. The third-order valence-electron chi connectivity index (χ3n) is 6.96. The highest BCUT2D eigenvalue weighted by atomic mass is 16.5. The number of amides is 1. The molecule has 0 radical (unpaired) electrons. The number of carbonyl (C=O) groups is 1. The molecule has 5 nitrogen and oxygen atoms in total. The minimum atomic E-state index is 0.0415. The van der Waals surface area contributed by atoms with E-state index in [1.54, 1.807) is 7.11 Å². The third kappa shape index (κ3) is 7.80. The van der Waals surface area contributed by atoms with Crippen LogP contribution in [-0.4, -0.2) is 56.8 Å². The lowest BCUT2D eigenvalue weighted by molar-refractivity contribution is 0.0853. The van der Waals surface area contributed by atoms with E-state index in [1.807, 2.05) is 24.3 Å². The Kier molecular flexibility index (Phi) is 10.1. The topological polar surface area (TPSA) is 50.8 Å². The first kappa shape index (κ1) is 24.1. The Morgan fingerprint density at radius 3 is 2.68 bits per heavy atom. The highest BCUT2D eigenvalue weighted by Gasteiger charge is 2.30. The van der Waals surface area contributed by atoms with Crippen molar-refractivity contribution in [1.29, 1.82) is 0 Å². The maximum absolute atomic E-state index is 12.9. The monoisotopic (exact) mass is 430 g/mol. The van der Waals surface area contributed by atoms with Gasteiger partial charge in [-0.05, 0) is 74.8 Å². The number of carbonyl (C=O) groups excluding carboxylic acids is 1. The zero-order valence-electron chi connectivity index (χ0n) is 19.6. The smallest absolute Gasteiger partial charge is 0.251 e. The summed E-state index contributed by atoms with van der Waals surface area (Å²) < 4.78 is 10.6. The molecule has 1 saturated heterocycles. The Morgan fingerprint density at radius 2 is 1.90 bits per heavy atom. The molecule has 0 bridgehead atoms. The number of nitrogens with one attached hydrogen (secondary N) is 1. The van der Waals surface area contributed by atoms with E-state index in [2.05, 4.69) is 17.1 Å². The number of rotatable bonds is 11. The van der Waals surface area contributed by atoms with Gasteiger partial charge in [-0.2, -0.15) is 0 Å². The molecule has 1 saturated carbocycles. The first-order chi connectivity index (χ1) is 15.2. The van der Waals surface area contributed by atoms with Crippen LogP contribution in [0.5, 0.6) is 5.75 Å². The molecule has 0 spiro atoms. The number of unbranched alkanes of at least 4 members (excludes halogenated alkanes) is 1. The van der Waals surface area contributed by atoms with Crippen LogP contribution in [-0.2, 0) is 4.74 Å². The molecular formula is C26H42N2O3. The van der Waals surface area contributed by atoms with Crippen molar-refractivity contribution < 1.29 is 14.3 Å². The summed E-state index contributed by atoms with van der Waals surface area (Å²) in [4.78, 5) is 15.6. The lowest BCUT2D eigenvalue weighted by atomic mass is 9.83. The van der Waals surface area contributed by atoms with Crippen molar-refractivity contribution in [2.75, 3.05) is 40.0 Å². The zero-order valence-corrected chi connectivity index (χ0v) is 19.6. The summed E-state index contributed by atoms with van der Waals surface area (Å²) in [6, 6.07) is 7.74. The second kappa shape index (κ2) is 13.1. The van der Waals surface area contributed by atoms with Gasteiger partial charge in [0.25, 0.3) is 5.91 Å². The molecule has 1 amide bonds. The van der Waals surface area contributed by atoms with Crippen molar-refractivity contribution >= 4 is 5.91 Å². The molecule has 2 fully saturated rings. The fourth-order valence-electron chi connectivity index (χ4n) is 5.19. The van der Waals surface area contributed by atoms with Gasteiger partial charge in [-0.15, -0.1) is 0 Å². The molecule has 1 aliphatic heterocycles. The standard InChI is InChI=1S/C26H42N2O3/c1-3-4-8-21-9-7-16-28(19-21)20-23-10-5-6-11-25(23)27-26(29)22-12-14-24(15-13-22)31-18-17-30-2/h12-15,21,23,25H,3-11,16-20H2,1-2H3,(H,27,29)/t21?,23-,25+/m0/s1. The maximum Gasteiger partial charge on any atom is 0.251 e. The van der Waals surface area contributed by atoms with Crippen molar-refractivity contribution in [2.45, 2.75) is 70.8 Å². The van der Waals surface area contributed by atoms with Gasteiger partial charge in [-0.25, -0.2) is 0 Å². The summed E-state index contributed by atoms with van der Waals surface area (Å²) in [6.07, 6.45) is 11.6. The molecule has 3 atom stereocenters. The Labute approximate surface area is 188 Å². The van der Waals surface area contributed by atoms with Crippen LogP contribution in [0.2, 0.25) is 0 Å². The van der Waals surface area contributed by atoms with E-state index in [0.717, 1.165) is 24.6 Å². The number of ether oxygens (including phenoxy) is 2. The van der Waals surface area contributed by atoms with E-state index >= 15 is 0 Å². The molecule has 5 heteroatoms. The SMILES string of the molecule is CCCCC1CCCN(C[C@@H]2CCCC[C@H]2NC(=O)c2ccc(OCCOC)cc2)C1. The molecule has 1 aromatic rings. The van der Waals surface area contributed by atoms with Crippen molar-refractivity contribution in [2.24, 2.45) is 11.8 Å². The average Bonchev–Trinajstić information content (AvgIpc) is 2.80. The Balaban J connectivity index is 1.51. The number of hydrogen-bond acceptors (Lipinski definition) is 4. The van der Waals surface area contributed by atoms with Crippen molar-refractivity contribution in [1.82, 2.24) is 10.2 Å².